The van der Waals surface area contributed by atoms with Crippen LogP contribution in [0.3, 0.4) is 0 Å². The Morgan fingerprint density at radius 1 is 1.06 bits per heavy atom. The zero-order valence-electron chi connectivity index (χ0n) is 7.04. The van der Waals surface area contributed by atoms with Crippen molar-refractivity contribution in [1.82, 2.24) is 4.98 Å². The summed E-state index contributed by atoms with van der Waals surface area (Å²) < 4.78 is 24.5. The maximum atomic E-state index is 11.7. The molecule has 5 nitrogen and oxygen atoms in total. The highest BCUT2D eigenvalue weighted by Crippen LogP contribution is 2.71. The van der Waals surface area contributed by atoms with E-state index in [2.05, 4.69) is 4.98 Å². The lowest BCUT2D eigenvalue weighted by Crippen LogP contribution is -2.09. The molecule has 0 N–H and O–H groups in total. The number of aromatic nitrogens is 1. The van der Waals surface area contributed by atoms with Crippen LogP contribution in [0.4, 0.5) is 0 Å². The number of pyridine rings is 1. The van der Waals surface area contributed by atoms with Gasteiger partial charge in [-0.15, -0.1) is 0 Å². The molecule has 2 bridgehead atoms. The Morgan fingerprint density at radius 2 is 1.62 bits per heavy atom. The number of phosphoric ester groups is 1. The molecule has 1 unspecified atom stereocenters. The maximum Gasteiger partial charge on any atom is 0.647 e. The van der Waals surface area contributed by atoms with Crippen LogP contribution in [-0.4, -0.2) is 4.98 Å². The average molecular weight is 323 g/mol. The van der Waals surface area contributed by atoms with Gasteiger partial charge in [-0.2, -0.15) is 4.57 Å². The van der Waals surface area contributed by atoms with Crippen molar-refractivity contribution in [2.45, 2.75) is 3.79 Å². The zero-order valence-corrected chi connectivity index (χ0v) is 11.0. The van der Waals surface area contributed by atoms with Crippen molar-refractivity contribution < 1.29 is 18.1 Å². The minimum absolute atomic E-state index is 0.00557. The number of phosphoric acid groups is 1. The lowest BCUT2D eigenvalue weighted by molar-refractivity contribution is 0.351. The van der Waals surface area contributed by atoms with Crippen LogP contribution < -0.4 is 13.6 Å². The molecule has 0 aliphatic carbocycles. The van der Waals surface area contributed by atoms with Crippen molar-refractivity contribution in [3.8, 4) is 17.2 Å². The van der Waals surface area contributed by atoms with Gasteiger partial charge in [0.2, 0.25) is 21.0 Å². The Morgan fingerprint density at radius 3 is 2.19 bits per heavy atom. The van der Waals surface area contributed by atoms with Crippen LogP contribution in [0.1, 0.15) is 5.69 Å². The first-order chi connectivity index (χ1) is 7.30. The molecule has 1 aromatic heterocycles. The molecule has 1 atom stereocenters. The summed E-state index contributed by atoms with van der Waals surface area (Å²) in [6.45, 7) is 0. The largest absolute Gasteiger partial charge is 0.647 e. The summed E-state index contributed by atoms with van der Waals surface area (Å²) in [5, 5.41) is -0.0962. The smallest absolute Gasteiger partial charge is 0.380 e. The SMILES string of the molecule is O=P12Oc3c(Cl)nc(C(Cl)(Cl)Cl)c(c3O1)O2. The maximum absolute atomic E-state index is 11.7. The van der Waals surface area contributed by atoms with Crippen molar-refractivity contribution in [3.63, 3.8) is 0 Å². The first-order valence-corrected chi connectivity index (χ1v) is 6.77. The van der Waals surface area contributed by atoms with Crippen molar-refractivity contribution in [2.24, 2.45) is 0 Å². The van der Waals surface area contributed by atoms with Gasteiger partial charge in [-0.1, -0.05) is 46.4 Å². The number of hydrogen-bond donors (Lipinski definition) is 0. The molecule has 2 aliphatic heterocycles. The van der Waals surface area contributed by atoms with Crippen LogP contribution in [0.5, 0.6) is 17.2 Å². The normalized spacial score (nSPS) is 25.0. The van der Waals surface area contributed by atoms with E-state index >= 15 is 0 Å². The molecule has 0 fully saturated rings. The predicted molar refractivity (Wildman–Crippen MR) is 58.0 cm³/mol. The fourth-order valence-electron chi connectivity index (χ4n) is 1.33. The van der Waals surface area contributed by atoms with Crippen molar-refractivity contribution in [1.29, 1.82) is 0 Å². The molecule has 3 heterocycles. The highest BCUT2D eigenvalue weighted by Gasteiger charge is 2.54. The number of halogens is 4. The summed E-state index contributed by atoms with van der Waals surface area (Å²) in [4.78, 5) is 3.80. The van der Waals surface area contributed by atoms with Gasteiger partial charge in [0, 0.05) is 0 Å². The van der Waals surface area contributed by atoms with E-state index in [0.29, 0.717) is 0 Å². The number of fused-ring (bicyclic) bond motifs is 1. The van der Waals surface area contributed by atoms with Gasteiger partial charge < -0.3 is 13.6 Å². The van der Waals surface area contributed by atoms with Gasteiger partial charge in [0.05, 0.1) is 0 Å². The Hall–Kier alpha value is -0.0600. The molecule has 0 saturated carbocycles. The lowest BCUT2D eigenvalue weighted by atomic mass is 10.3. The van der Waals surface area contributed by atoms with Crippen LogP contribution in [0.15, 0.2) is 0 Å². The molecule has 2 aliphatic rings. The highest BCUT2D eigenvalue weighted by molar-refractivity contribution is 7.50. The van der Waals surface area contributed by atoms with E-state index in [-0.39, 0.29) is 28.1 Å². The first kappa shape index (κ1) is 11.1. The van der Waals surface area contributed by atoms with Crippen LogP contribution in [0.25, 0.3) is 0 Å². The third kappa shape index (κ3) is 1.39. The van der Waals surface area contributed by atoms with Gasteiger partial charge in [-0.3, -0.25) is 0 Å². The summed E-state index contributed by atoms with van der Waals surface area (Å²) in [5.41, 5.74) is -0.0812. The molecule has 10 heteroatoms. The molecular formula is C6Cl4NO4P. The summed E-state index contributed by atoms with van der Waals surface area (Å²) in [7, 11) is -3.67. The molecule has 16 heavy (non-hydrogen) atoms. The van der Waals surface area contributed by atoms with Crippen LogP contribution >= 0.6 is 54.2 Å². The minimum atomic E-state index is -3.67. The van der Waals surface area contributed by atoms with Gasteiger partial charge in [-0.25, -0.2) is 4.98 Å². The Kier molecular flexibility index (Phi) is 2.10. The fourth-order valence-corrected chi connectivity index (χ4v) is 3.27. The molecule has 0 radical (unpaired) electrons. The second kappa shape index (κ2) is 3.03. The lowest BCUT2D eigenvalue weighted by Gasteiger charge is -2.17. The van der Waals surface area contributed by atoms with Gasteiger partial charge in [-0.05, 0) is 0 Å². The number of alkyl halides is 3. The molecule has 86 valence electrons. The monoisotopic (exact) mass is 321 g/mol. The van der Waals surface area contributed by atoms with Crippen LogP contribution in [-0.2, 0) is 8.36 Å². The second-order valence-electron chi connectivity index (χ2n) is 2.96. The Labute approximate surface area is 109 Å². The van der Waals surface area contributed by atoms with E-state index in [1.165, 1.54) is 0 Å². The van der Waals surface area contributed by atoms with E-state index in [0.717, 1.165) is 0 Å². The fraction of sp³-hybridized carbons (Fsp3) is 0.167. The predicted octanol–water partition coefficient (Wildman–Crippen LogP) is 3.83. The summed E-state index contributed by atoms with van der Waals surface area (Å²) in [6.07, 6.45) is 0. The minimum Gasteiger partial charge on any atom is -0.380 e. The van der Waals surface area contributed by atoms with Gasteiger partial charge >= 0.3 is 7.82 Å². The third-order valence-electron chi connectivity index (χ3n) is 1.90. The van der Waals surface area contributed by atoms with E-state index in [1.807, 2.05) is 0 Å². The molecule has 0 aromatic carbocycles. The average Bonchev–Trinajstić information content (AvgIpc) is 2.62. The number of rotatable bonds is 0. The Bertz CT molecular complexity index is 556. The molecule has 3 rings (SSSR count). The topological polar surface area (TPSA) is 57.7 Å². The number of hydrogen-bond acceptors (Lipinski definition) is 5. The van der Waals surface area contributed by atoms with E-state index in [4.69, 9.17) is 60.0 Å². The second-order valence-corrected chi connectivity index (χ2v) is 7.04. The van der Waals surface area contributed by atoms with E-state index in [9.17, 15) is 4.57 Å². The van der Waals surface area contributed by atoms with Gasteiger partial charge in [0.1, 0.15) is 5.69 Å². The summed E-state index contributed by atoms with van der Waals surface area (Å²) in [6, 6.07) is 0. The van der Waals surface area contributed by atoms with Crippen molar-refractivity contribution in [2.75, 3.05) is 0 Å². The Balaban J connectivity index is 2.32. The number of nitrogens with zero attached hydrogens (tertiary/aromatic N) is 1. The van der Waals surface area contributed by atoms with Crippen LogP contribution in [0, 0.1) is 0 Å². The molecule has 1 aromatic rings. The zero-order chi connectivity index (χ0) is 11.7. The van der Waals surface area contributed by atoms with E-state index in [1.54, 1.807) is 0 Å². The van der Waals surface area contributed by atoms with Gasteiger partial charge in [0.15, 0.2) is 5.15 Å². The molecule has 0 amide bonds. The molecule has 0 spiro atoms. The third-order valence-corrected chi connectivity index (χ3v) is 3.91. The van der Waals surface area contributed by atoms with E-state index < -0.39 is 11.6 Å². The quantitative estimate of drug-likeness (QED) is 0.413. The summed E-state index contributed by atoms with van der Waals surface area (Å²) in [5.74, 6) is 0.0999. The van der Waals surface area contributed by atoms with Crippen molar-refractivity contribution in [3.05, 3.63) is 10.8 Å². The van der Waals surface area contributed by atoms with Gasteiger partial charge in [0.25, 0.3) is 0 Å². The van der Waals surface area contributed by atoms with Crippen LogP contribution in [0.2, 0.25) is 5.15 Å². The standard InChI is InChI=1S/C6Cl4NO4P/c7-5-3-1-2(4(11-5)6(8,9)10)14-16(12,13-1)15-3. The molecule has 0 saturated heterocycles. The molecular weight excluding hydrogens is 323 g/mol. The highest BCUT2D eigenvalue weighted by atomic mass is 35.6. The summed E-state index contributed by atoms with van der Waals surface area (Å²) >= 11 is 22.8. The van der Waals surface area contributed by atoms with Crippen molar-refractivity contribution >= 4 is 54.2 Å². The first-order valence-electron chi connectivity index (χ1n) is 3.80.